The second-order valence-corrected chi connectivity index (χ2v) is 3.62. The first-order valence-electron chi connectivity index (χ1n) is 3.75. The molecule has 0 aromatic rings. The summed E-state index contributed by atoms with van der Waals surface area (Å²) < 4.78 is 0. The van der Waals surface area contributed by atoms with E-state index in [4.69, 9.17) is 0 Å². The number of hydrogen-bond acceptors (Lipinski definition) is 0. The summed E-state index contributed by atoms with van der Waals surface area (Å²) >= 11 is 0. The predicted octanol–water partition coefficient (Wildman–Crippen LogP) is -2.88. The summed E-state index contributed by atoms with van der Waals surface area (Å²) in [5, 5.41) is 0. The maximum atomic E-state index is 3.44. The van der Waals surface area contributed by atoms with E-state index in [-0.39, 0.29) is 52.6 Å². The van der Waals surface area contributed by atoms with Crippen LogP contribution in [-0.2, 0) is 22.4 Å². The maximum Gasteiger partial charge on any atom is 3.00 e. The number of halogens is 2. The molecule has 1 aliphatic carbocycles. The smallest absolute Gasteiger partial charge is 1.00 e. The molecule has 0 spiro atoms. The van der Waals surface area contributed by atoms with Crippen molar-refractivity contribution in [2.24, 2.45) is 5.41 Å². The molecular formula is C10H15Cl2Nb. The van der Waals surface area contributed by atoms with Gasteiger partial charge in [0.25, 0.3) is 0 Å². The molecule has 0 unspecified atom stereocenters. The van der Waals surface area contributed by atoms with Gasteiger partial charge in [-0.1, -0.05) is 33.1 Å². The molecule has 0 amide bonds. The Morgan fingerprint density at radius 2 is 1.38 bits per heavy atom. The molecule has 0 nitrogen and oxygen atoms in total. The Kier molecular flexibility index (Phi) is 9.42. The van der Waals surface area contributed by atoms with Gasteiger partial charge in [-0.15, -0.1) is 6.92 Å². The molecule has 0 bridgehead atoms. The van der Waals surface area contributed by atoms with E-state index in [1.54, 1.807) is 0 Å². The van der Waals surface area contributed by atoms with E-state index in [1.165, 1.54) is 16.7 Å². The van der Waals surface area contributed by atoms with Crippen molar-refractivity contribution in [1.82, 2.24) is 0 Å². The van der Waals surface area contributed by atoms with Gasteiger partial charge < -0.3 is 24.8 Å². The van der Waals surface area contributed by atoms with Crippen LogP contribution in [0.5, 0.6) is 0 Å². The van der Waals surface area contributed by atoms with Crippen LogP contribution in [0.15, 0.2) is 16.7 Å². The van der Waals surface area contributed by atoms with Crippen LogP contribution >= 0.6 is 0 Å². The third-order valence-electron chi connectivity index (χ3n) is 2.56. The molecule has 13 heavy (non-hydrogen) atoms. The molecule has 0 radical (unpaired) electrons. The van der Waals surface area contributed by atoms with E-state index >= 15 is 0 Å². The second-order valence-electron chi connectivity index (χ2n) is 3.62. The van der Waals surface area contributed by atoms with E-state index < -0.39 is 0 Å². The molecule has 0 heterocycles. The van der Waals surface area contributed by atoms with Gasteiger partial charge in [-0.25, -0.2) is 5.57 Å². The molecule has 0 saturated heterocycles. The van der Waals surface area contributed by atoms with Gasteiger partial charge in [0.1, 0.15) is 0 Å². The third kappa shape index (κ3) is 3.81. The van der Waals surface area contributed by atoms with E-state index in [9.17, 15) is 0 Å². The van der Waals surface area contributed by atoms with Crippen LogP contribution in [0.4, 0.5) is 0 Å². The first-order chi connectivity index (χ1) is 4.45. The number of rotatable bonds is 0. The molecule has 1 rings (SSSR count). The monoisotopic (exact) mass is 298 g/mol. The summed E-state index contributed by atoms with van der Waals surface area (Å²) in [7, 11) is 0. The van der Waals surface area contributed by atoms with Crippen LogP contribution in [0, 0.1) is 11.5 Å². The number of hydrogen-bond donors (Lipinski definition) is 0. The van der Waals surface area contributed by atoms with Crippen molar-refractivity contribution in [3.8, 4) is 0 Å². The fourth-order valence-corrected chi connectivity index (χ4v) is 1.41. The Balaban J connectivity index is -0.000000333. The second kappa shape index (κ2) is 6.31. The standard InChI is InChI=1S/C10H15.2ClH.Nb/c1-7-6-10(4,5)9(3)8(7)2;;;/h1-5H3;2*1H;/q-1;;;+3/p-2. The van der Waals surface area contributed by atoms with Gasteiger partial charge in [-0.05, 0) is 0 Å². The van der Waals surface area contributed by atoms with Crippen molar-refractivity contribution >= 4 is 0 Å². The van der Waals surface area contributed by atoms with E-state index in [0.717, 1.165) is 0 Å². The average Bonchev–Trinajstić information content (AvgIpc) is 1.95. The molecule has 0 aromatic carbocycles. The summed E-state index contributed by atoms with van der Waals surface area (Å²) in [5.41, 5.74) is 4.39. The molecule has 74 valence electrons. The first-order valence-corrected chi connectivity index (χ1v) is 3.75. The zero-order valence-electron chi connectivity index (χ0n) is 8.70. The summed E-state index contributed by atoms with van der Waals surface area (Å²) in [5.74, 6) is 0. The molecule has 1 aliphatic rings. The van der Waals surface area contributed by atoms with Crippen LogP contribution in [0.3, 0.4) is 0 Å². The molecule has 3 heteroatoms. The quantitative estimate of drug-likeness (QED) is 0.333. The van der Waals surface area contributed by atoms with Crippen LogP contribution in [-0.4, -0.2) is 0 Å². The molecule has 0 fully saturated rings. The molecule has 0 N–H and O–H groups in total. The summed E-state index contributed by atoms with van der Waals surface area (Å²) in [6, 6.07) is 0. The Hall–Kier alpha value is 0.800. The van der Waals surface area contributed by atoms with Crippen molar-refractivity contribution in [3.05, 3.63) is 22.8 Å². The maximum absolute atomic E-state index is 3.44. The third-order valence-corrected chi connectivity index (χ3v) is 2.56. The minimum absolute atomic E-state index is 0. The SMILES string of the molecule is CC1=[C-]C(C)(C)C(C)=C1C.[Cl-].[Cl-].[Nb+3]. The average molecular weight is 299 g/mol. The fourth-order valence-electron chi connectivity index (χ4n) is 1.41. The Morgan fingerprint density at radius 3 is 1.46 bits per heavy atom. The molecule has 0 atom stereocenters. The van der Waals surface area contributed by atoms with E-state index in [0.29, 0.717) is 0 Å². The Labute approximate surface area is 110 Å². The predicted molar refractivity (Wildman–Crippen MR) is 44.6 cm³/mol. The minimum atomic E-state index is 0. The normalized spacial score (nSPS) is 18.1. The largest absolute Gasteiger partial charge is 3.00 e. The zero-order chi connectivity index (χ0) is 7.94. The molecular weight excluding hydrogens is 284 g/mol. The van der Waals surface area contributed by atoms with Crippen molar-refractivity contribution in [1.29, 1.82) is 0 Å². The van der Waals surface area contributed by atoms with Crippen molar-refractivity contribution in [3.63, 3.8) is 0 Å². The van der Waals surface area contributed by atoms with Gasteiger partial charge in [-0.3, -0.25) is 6.08 Å². The van der Waals surface area contributed by atoms with Gasteiger partial charge in [0.05, 0.1) is 0 Å². The van der Waals surface area contributed by atoms with Crippen LogP contribution in [0.1, 0.15) is 34.6 Å². The van der Waals surface area contributed by atoms with Gasteiger partial charge in [0, 0.05) is 0 Å². The van der Waals surface area contributed by atoms with E-state index in [2.05, 4.69) is 40.7 Å². The van der Waals surface area contributed by atoms with Gasteiger partial charge in [0.15, 0.2) is 0 Å². The van der Waals surface area contributed by atoms with Gasteiger partial charge >= 0.3 is 22.4 Å². The van der Waals surface area contributed by atoms with Crippen molar-refractivity contribution < 1.29 is 47.2 Å². The summed E-state index contributed by atoms with van der Waals surface area (Å²) in [6.45, 7) is 10.9. The van der Waals surface area contributed by atoms with Gasteiger partial charge in [-0.2, -0.15) is 11.1 Å². The van der Waals surface area contributed by atoms with Gasteiger partial charge in [0.2, 0.25) is 0 Å². The Morgan fingerprint density at radius 1 is 1.00 bits per heavy atom. The zero-order valence-corrected chi connectivity index (χ0v) is 12.4. The number of allylic oxidation sites excluding steroid dienone is 4. The minimum Gasteiger partial charge on any atom is -1.00 e. The van der Waals surface area contributed by atoms with Crippen LogP contribution in [0.25, 0.3) is 0 Å². The van der Waals surface area contributed by atoms with E-state index in [1.807, 2.05) is 0 Å². The van der Waals surface area contributed by atoms with Crippen molar-refractivity contribution in [2.75, 3.05) is 0 Å². The Bertz CT molecular complexity index is 227. The molecule has 0 saturated carbocycles. The van der Waals surface area contributed by atoms with Crippen LogP contribution < -0.4 is 24.8 Å². The first kappa shape index (κ1) is 19.4. The topological polar surface area (TPSA) is 0 Å². The fraction of sp³-hybridized carbons (Fsp3) is 0.600. The molecule has 0 aliphatic heterocycles. The van der Waals surface area contributed by atoms with Crippen LogP contribution in [0.2, 0.25) is 0 Å². The summed E-state index contributed by atoms with van der Waals surface area (Å²) in [4.78, 5) is 0. The summed E-state index contributed by atoms with van der Waals surface area (Å²) in [6.07, 6.45) is 3.44. The van der Waals surface area contributed by atoms with Crippen molar-refractivity contribution in [2.45, 2.75) is 34.6 Å². The molecule has 0 aromatic heterocycles.